The molecule has 1 aromatic carbocycles. The first-order valence-corrected chi connectivity index (χ1v) is 9.00. The molecule has 0 aliphatic heterocycles. The predicted molar refractivity (Wildman–Crippen MR) is 79.1 cm³/mol. The molecule has 0 aliphatic carbocycles. The maximum Gasteiger partial charge on any atom is 0.205 e. The molecule has 0 fully saturated rings. The smallest absolute Gasteiger partial charge is 0.205 e. The van der Waals surface area contributed by atoms with Crippen LogP contribution in [0.15, 0.2) is 18.2 Å². The van der Waals surface area contributed by atoms with Crippen LogP contribution in [-0.4, -0.2) is 19.3 Å². The lowest BCUT2D eigenvalue weighted by Crippen LogP contribution is -2.26. The summed E-state index contributed by atoms with van der Waals surface area (Å²) in [6.07, 6.45) is 0.00873. The maximum absolute atomic E-state index is 9.39. The van der Waals surface area contributed by atoms with E-state index in [-0.39, 0.29) is 24.7 Å². The molecular weight excluding hydrogens is 256 g/mol. The standard InChI is InChI=1S/C15H25O3Si/c1-15(2,3)14(18-19(4)5)11-6-7-12(9-16)13(8-11)10-17/h6-8,14,16-17H,9-10H2,1-5H3. The number of rotatable bonds is 5. The minimum absolute atomic E-state index is 0.00457. The van der Waals surface area contributed by atoms with Gasteiger partial charge in [0.25, 0.3) is 0 Å². The van der Waals surface area contributed by atoms with Gasteiger partial charge in [-0.25, -0.2) is 0 Å². The summed E-state index contributed by atoms with van der Waals surface area (Å²) in [7, 11) is -0.809. The Bertz CT molecular complexity index is 410. The zero-order valence-electron chi connectivity index (χ0n) is 12.5. The van der Waals surface area contributed by atoms with Crippen LogP contribution in [0.25, 0.3) is 0 Å². The Morgan fingerprint density at radius 2 is 1.68 bits per heavy atom. The molecule has 0 amide bonds. The van der Waals surface area contributed by atoms with Gasteiger partial charge in [-0.05, 0) is 35.2 Å². The van der Waals surface area contributed by atoms with E-state index in [1.54, 1.807) is 0 Å². The van der Waals surface area contributed by atoms with Gasteiger partial charge in [0.15, 0.2) is 0 Å². The second-order valence-corrected chi connectivity index (χ2v) is 8.17. The first-order chi connectivity index (χ1) is 8.79. The highest BCUT2D eigenvalue weighted by atomic mass is 28.3. The summed E-state index contributed by atoms with van der Waals surface area (Å²) in [5.74, 6) is 0. The van der Waals surface area contributed by atoms with Crippen molar-refractivity contribution in [3.63, 3.8) is 0 Å². The zero-order chi connectivity index (χ0) is 14.6. The topological polar surface area (TPSA) is 49.7 Å². The highest BCUT2D eigenvalue weighted by Crippen LogP contribution is 2.37. The van der Waals surface area contributed by atoms with Gasteiger partial charge in [0.2, 0.25) is 9.04 Å². The van der Waals surface area contributed by atoms with Gasteiger partial charge in [-0.15, -0.1) is 0 Å². The van der Waals surface area contributed by atoms with E-state index in [1.807, 2.05) is 18.2 Å². The maximum atomic E-state index is 9.39. The molecule has 0 saturated carbocycles. The van der Waals surface area contributed by atoms with Crippen LogP contribution in [0.3, 0.4) is 0 Å². The van der Waals surface area contributed by atoms with Crippen molar-refractivity contribution < 1.29 is 14.6 Å². The van der Waals surface area contributed by atoms with Crippen LogP contribution in [0, 0.1) is 5.41 Å². The van der Waals surface area contributed by atoms with Crippen LogP contribution >= 0.6 is 0 Å². The lowest BCUT2D eigenvalue weighted by Gasteiger charge is -2.33. The first kappa shape index (κ1) is 16.4. The zero-order valence-corrected chi connectivity index (χ0v) is 13.5. The average Bonchev–Trinajstić information content (AvgIpc) is 2.33. The molecule has 19 heavy (non-hydrogen) atoms. The normalized spacial score (nSPS) is 13.9. The number of benzene rings is 1. The summed E-state index contributed by atoms with van der Waals surface area (Å²) in [6, 6.07) is 5.82. The summed E-state index contributed by atoms with van der Waals surface area (Å²) in [6.45, 7) is 10.6. The lowest BCUT2D eigenvalue weighted by molar-refractivity contribution is 0.0863. The van der Waals surface area contributed by atoms with E-state index in [4.69, 9.17) is 4.43 Å². The molecule has 1 atom stereocenters. The molecule has 107 valence electrons. The van der Waals surface area contributed by atoms with Crippen LogP contribution in [0.2, 0.25) is 13.1 Å². The van der Waals surface area contributed by atoms with Gasteiger partial charge in [0, 0.05) is 0 Å². The molecule has 4 heteroatoms. The van der Waals surface area contributed by atoms with Crippen molar-refractivity contribution in [3.8, 4) is 0 Å². The van der Waals surface area contributed by atoms with Crippen molar-refractivity contribution >= 4 is 9.04 Å². The highest BCUT2D eigenvalue weighted by Gasteiger charge is 2.28. The van der Waals surface area contributed by atoms with Gasteiger partial charge in [0.1, 0.15) is 0 Å². The molecule has 0 saturated heterocycles. The Labute approximate surface area is 118 Å². The largest absolute Gasteiger partial charge is 0.410 e. The molecule has 2 N–H and O–H groups in total. The molecule has 0 aliphatic rings. The van der Waals surface area contributed by atoms with Crippen LogP contribution < -0.4 is 0 Å². The fraction of sp³-hybridized carbons (Fsp3) is 0.600. The molecule has 0 heterocycles. The fourth-order valence-electron chi connectivity index (χ4n) is 2.09. The lowest BCUT2D eigenvalue weighted by atomic mass is 9.84. The van der Waals surface area contributed by atoms with Gasteiger partial charge in [-0.1, -0.05) is 39.0 Å². The van der Waals surface area contributed by atoms with E-state index in [2.05, 4.69) is 33.9 Å². The van der Waals surface area contributed by atoms with E-state index >= 15 is 0 Å². The summed E-state index contributed by atoms with van der Waals surface area (Å²) in [5.41, 5.74) is 2.62. The molecule has 1 unspecified atom stereocenters. The third-order valence-electron chi connectivity index (χ3n) is 3.01. The number of aliphatic hydroxyl groups is 2. The van der Waals surface area contributed by atoms with Crippen LogP contribution in [0.1, 0.15) is 43.6 Å². The van der Waals surface area contributed by atoms with Crippen LogP contribution in [0.4, 0.5) is 0 Å². The van der Waals surface area contributed by atoms with Crippen molar-refractivity contribution in [3.05, 3.63) is 34.9 Å². The van der Waals surface area contributed by atoms with Gasteiger partial charge in [-0.3, -0.25) is 0 Å². The summed E-state index contributed by atoms with van der Waals surface area (Å²) in [5, 5.41) is 18.6. The molecule has 0 bridgehead atoms. The first-order valence-electron chi connectivity index (χ1n) is 6.59. The van der Waals surface area contributed by atoms with E-state index in [0.29, 0.717) is 0 Å². The van der Waals surface area contributed by atoms with E-state index in [9.17, 15) is 10.2 Å². The average molecular weight is 281 g/mol. The Morgan fingerprint density at radius 3 is 2.11 bits per heavy atom. The molecule has 1 aromatic rings. The monoisotopic (exact) mass is 281 g/mol. The van der Waals surface area contributed by atoms with Gasteiger partial charge in [-0.2, -0.15) is 0 Å². The number of aliphatic hydroxyl groups excluding tert-OH is 2. The highest BCUT2D eigenvalue weighted by molar-refractivity contribution is 6.48. The molecule has 1 rings (SSSR count). The van der Waals surface area contributed by atoms with Crippen LogP contribution in [-0.2, 0) is 17.6 Å². The predicted octanol–water partition coefficient (Wildman–Crippen LogP) is 3.03. The van der Waals surface area contributed by atoms with Crippen molar-refractivity contribution in [2.24, 2.45) is 5.41 Å². The minimum Gasteiger partial charge on any atom is -0.410 e. The van der Waals surface area contributed by atoms with Gasteiger partial charge < -0.3 is 14.6 Å². The second-order valence-electron chi connectivity index (χ2n) is 6.12. The third-order valence-corrected chi connectivity index (χ3v) is 3.72. The van der Waals surface area contributed by atoms with E-state index in [0.717, 1.165) is 16.7 Å². The van der Waals surface area contributed by atoms with Crippen molar-refractivity contribution in [1.82, 2.24) is 0 Å². The Balaban J connectivity index is 3.16. The Hall–Kier alpha value is -0.683. The van der Waals surface area contributed by atoms with E-state index in [1.165, 1.54) is 0 Å². The number of hydrogen-bond donors (Lipinski definition) is 2. The SMILES string of the molecule is C[Si](C)OC(c1ccc(CO)c(CO)c1)C(C)(C)C. The summed E-state index contributed by atoms with van der Waals surface area (Å²) < 4.78 is 6.13. The summed E-state index contributed by atoms with van der Waals surface area (Å²) >= 11 is 0. The van der Waals surface area contributed by atoms with Crippen molar-refractivity contribution in [1.29, 1.82) is 0 Å². The quantitative estimate of drug-likeness (QED) is 0.816. The van der Waals surface area contributed by atoms with Gasteiger partial charge >= 0.3 is 0 Å². The molecule has 0 aromatic heterocycles. The minimum atomic E-state index is -0.809. The Kier molecular flexibility index (Phi) is 5.74. The van der Waals surface area contributed by atoms with Crippen molar-refractivity contribution in [2.45, 2.75) is 53.2 Å². The molecule has 3 nitrogen and oxygen atoms in total. The summed E-state index contributed by atoms with van der Waals surface area (Å²) in [4.78, 5) is 0. The van der Waals surface area contributed by atoms with Crippen LogP contribution in [0.5, 0.6) is 0 Å². The van der Waals surface area contributed by atoms with Crippen molar-refractivity contribution in [2.75, 3.05) is 0 Å². The molecular formula is C15H25O3Si. The molecule has 1 radical (unpaired) electrons. The number of hydrogen-bond acceptors (Lipinski definition) is 3. The third kappa shape index (κ3) is 4.42. The van der Waals surface area contributed by atoms with E-state index < -0.39 is 9.04 Å². The molecule has 0 spiro atoms. The van der Waals surface area contributed by atoms with Gasteiger partial charge in [0.05, 0.1) is 19.3 Å². The fourth-order valence-corrected chi connectivity index (χ4v) is 3.05. The Morgan fingerprint density at radius 1 is 1.11 bits per heavy atom. The second kappa shape index (κ2) is 6.66.